The predicted molar refractivity (Wildman–Crippen MR) is 90.0 cm³/mol. The molecular weight excluding hydrogens is 320 g/mol. The molecule has 0 spiro atoms. The van der Waals surface area contributed by atoms with Gasteiger partial charge in [-0.25, -0.2) is 4.98 Å². The summed E-state index contributed by atoms with van der Waals surface area (Å²) in [4.78, 5) is 30.5. The number of carbonyl (C=O) groups is 2. The number of benzene rings is 1. The SMILES string of the molecule is Cc1ccc(-c2ocnc2C(=O)N2C[C@@H]3CCC[C@@]3(C(=O)O)C2)cc1. The van der Waals surface area contributed by atoms with Crippen LogP contribution in [0.4, 0.5) is 0 Å². The van der Waals surface area contributed by atoms with Crippen LogP contribution in [0.25, 0.3) is 11.3 Å². The Balaban J connectivity index is 1.62. The topological polar surface area (TPSA) is 83.6 Å². The first-order valence-corrected chi connectivity index (χ1v) is 8.54. The van der Waals surface area contributed by atoms with Crippen LogP contribution in [-0.4, -0.2) is 40.0 Å². The third-order valence-electron chi connectivity index (χ3n) is 5.67. The average Bonchev–Trinajstić information content (AvgIpc) is 3.28. The van der Waals surface area contributed by atoms with E-state index in [1.54, 1.807) is 4.90 Å². The molecule has 1 aliphatic carbocycles. The summed E-state index contributed by atoms with van der Waals surface area (Å²) < 4.78 is 5.46. The number of rotatable bonds is 3. The molecule has 2 aliphatic rings. The molecule has 0 bridgehead atoms. The average molecular weight is 340 g/mol. The lowest BCUT2D eigenvalue weighted by atomic mass is 9.81. The van der Waals surface area contributed by atoms with E-state index in [4.69, 9.17) is 4.42 Å². The molecule has 2 atom stereocenters. The largest absolute Gasteiger partial charge is 0.481 e. The molecule has 2 heterocycles. The van der Waals surface area contributed by atoms with Gasteiger partial charge < -0.3 is 14.4 Å². The predicted octanol–water partition coefficient (Wildman–Crippen LogP) is 2.98. The zero-order chi connectivity index (χ0) is 17.6. The molecule has 1 aromatic carbocycles. The normalized spacial score (nSPS) is 25.2. The summed E-state index contributed by atoms with van der Waals surface area (Å²) in [6, 6.07) is 7.69. The van der Waals surface area contributed by atoms with Gasteiger partial charge >= 0.3 is 5.97 Å². The molecule has 1 amide bonds. The number of carboxylic acids is 1. The van der Waals surface area contributed by atoms with Gasteiger partial charge in [0.1, 0.15) is 0 Å². The van der Waals surface area contributed by atoms with Gasteiger partial charge in [0.05, 0.1) is 5.41 Å². The van der Waals surface area contributed by atoms with Crippen LogP contribution in [0.2, 0.25) is 0 Å². The Morgan fingerprint density at radius 3 is 2.76 bits per heavy atom. The second kappa shape index (κ2) is 5.72. The van der Waals surface area contributed by atoms with Crippen LogP contribution < -0.4 is 0 Å². The molecule has 1 aromatic heterocycles. The fourth-order valence-electron chi connectivity index (χ4n) is 4.25. The van der Waals surface area contributed by atoms with Gasteiger partial charge in [0.2, 0.25) is 0 Å². The van der Waals surface area contributed by atoms with Gasteiger partial charge in [-0.2, -0.15) is 0 Å². The molecule has 1 N–H and O–H groups in total. The number of carbonyl (C=O) groups excluding carboxylic acids is 1. The molecule has 0 radical (unpaired) electrons. The van der Waals surface area contributed by atoms with Crippen molar-refractivity contribution in [2.24, 2.45) is 11.3 Å². The summed E-state index contributed by atoms with van der Waals surface area (Å²) in [7, 11) is 0. The second-order valence-corrected chi connectivity index (χ2v) is 7.13. The van der Waals surface area contributed by atoms with Crippen molar-refractivity contribution in [1.29, 1.82) is 0 Å². The number of hydrogen-bond donors (Lipinski definition) is 1. The van der Waals surface area contributed by atoms with Gasteiger partial charge in [0, 0.05) is 18.7 Å². The highest BCUT2D eigenvalue weighted by atomic mass is 16.4. The van der Waals surface area contributed by atoms with Gasteiger partial charge in [-0.15, -0.1) is 0 Å². The van der Waals surface area contributed by atoms with Crippen molar-refractivity contribution in [2.45, 2.75) is 26.2 Å². The minimum absolute atomic E-state index is 0.0312. The Bertz CT molecular complexity index is 826. The van der Waals surface area contributed by atoms with Gasteiger partial charge in [-0.1, -0.05) is 36.2 Å². The summed E-state index contributed by atoms with van der Waals surface area (Å²) in [6.45, 7) is 2.72. The van der Waals surface area contributed by atoms with Crippen molar-refractivity contribution < 1.29 is 19.1 Å². The van der Waals surface area contributed by atoms with Crippen molar-refractivity contribution in [3.05, 3.63) is 41.9 Å². The summed E-state index contributed by atoms with van der Waals surface area (Å²) >= 11 is 0. The highest BCUT2D eigenvalue weighted by Gasteiger charge is 2.56. The quantitative estimate of drug-likeness (QED) is 0.928. The summed E-state index contributed by atoms with van der Waals surface area (Å²) in [5, 5.41) is 9.69. The first-order chi connectivity index (χ1) is 12.0. The van der Waals surface area contributed by atoms with Crippen molar-refractivity contribution >= 4 is 11.9 Å². The molecule has 1 saturated heterocycles. The van der Waals surface area contributed by atoms with E-state index in [9.17, 15) is 14.7 Å². The van der Waals surface area contributed by atoms with E-state index in [1.165, 1.54) is 6.39 Å². The Kier molecular flexibility index (Phi) is 3.63. The maximum Gasteiger partial charge on any atom is 0.311 e. The number of aryl methyl sites for hydroxylation is 1. The van der Waals surface area contributed by atoms with Gasteiger partial charge in [0.25, 0.3) is 5.91 Å². The van der Waals surface area contributed by atoms with E-state index in [1.807, 2.05) is 31.2 Å². The molecule has 2 fully saturated rings. The third-order valence-corrected chi connectivity index (χ3v) is 5.67. The van der Waals surface area contributed by atoms with Crippen LogP contribution in [-0.2, 0) is 4.79 Å². The number of aliphatic carboxylic acids is 1. The Labute approximate surface area is 145 Å². The molecule has 6 heteroatoms. The highest BCUT2D eigenvalue weighted by Crippen LogP contribution is 2.49. The second-order valence-electron chi connectivity index (χ2n) is 7.13. The zero-order valence-corrected chi connectivity index (χ0v) is 14.1. The lowest BCUT2D eigenvalue weighted by Crippen LogP contribution is -2.37. The number of nitrogens with zero attached hydrogens (tertiary/aromatic N) is 2. The monoisotopic (exact) mass is 340 g/mol. The van der Waals surface area contributed by atoms with Crippen LogP contribution in [0, 0.1) is 18.3 Å². The molecule has 1 aliphatic heterocycles. The molecule has 0 unspecified atom stereocenters. The van der Waals surface area contributed by atoms with Crippen LogP contribution in [0.5, 0.6) is 0 Å². The molecule has 6 nitrogen and oxygen atoms in total. The van der Waals surface area contributed by atoms with Crippen molar-refractivity contribution in [2.75, 3.05) is 13.1 Å². The molecular formula is C19H20N2O4. The summed E-state index contributed by atoms with van der Waals surface area (Å²) in [5.74, 6) is -0.571. The summed E-state index contributed by atoms with van der Waals surface area (Å²) in [5.41, 5.74) is 1.37. The number of aromatic nitrogens is 1. The Hall–Kier alpha value is -2.63. The fraction of sp³-hybridized carbons (Fsp3) is 0.421. The van der Waals surface area contributed by atoms with Crippen LogP contribution in [0.15, 0.2) is 35.1 Å². The van der Waals surface area contributed by atoms with E-state index in [-0.39, 0.29) is 24.1 Å². The summed E-state index contributed by atoms with van der Waals surface area (Å²) in [6.07, 6.45) is 3.68. The molecule has 4 rings (SSSR count). The van der Waals surface area contributed by atoms with E-state index in [0.717, 1.165) is 24.0 Å². The van der Waals surface area contributed by atoms with E-state index in [0.29, 0.717) is 18.7 Å². The van der Waals surface area contributed by atoms with E-state index >= 15 is 0 Å². The molecule has 1 saturated carbocycles. The van der Waals surface area contributed by atoms with Crippen LogP contribution >= 0.6 is 0 Å². The lowest BCUT2D eigenvalue weighted by Gasteiger charge is -2.23. The van der Waals surface area contributed by atoms with Crippen molar-refractivity contribution in [3.8, 4) is 11.3 Å². The third kappa shape index (κ3) is 2.44. The maximum absolute atomic E-state index is 13.0. The lowest BCUT2D eigenvalue weighted by molar-refractivity contribution is -0.149. The molecule has 130 valence electrons. The van der Waals surface area contributed by atoms with E-state index < -0.39 is 11.4 Å². The standard InChI is InChI=1S/C19H20N2O4/c1-12-4-6-13(7-5-12)16-15(20-11-25-16)17(22)21-9-14-3-2-8-19(14,10-21)18(23)24/h4-7,11,14H,2-3,8-10H2,1H3,(H,23,24)/t14-,19+/m0/s1. The van der Waals surface area contributed by atoms with Crippen LogP contribution in [0.1, 0.15) is 35.3 Å². The first-order valence-electron chi connectivity index (χ1n) is 8.54. The number of oxazole rings is 1. The smallest absolute Gasteiger partial charge is 0.311 e. The molecule has 25 heavy (non-hydrogen) atoms. The zero-order valence-electron chi connectivity index (χ0n) is 14.1. The molecule has 2 aromatic rings. The minimum Gasteiger partial charge on any atom is -0.481 e. The minimum atomic E-state index is -0.788. The van der Waals surface area contributed by atoms with Crippen LogP contribution in [0.3, 0.4) is 0 Å². The number of carboxylic acid groups (broad SMARTS) is 1. The Morgan fingerprint density at radius 2 is 2.08 bits per heavy atom. The highest BCUT2D eigenvalue weighted by molar-refractivity contribution is 5.98. The maximum atomic E-state index is 13.0. The number of likely N-dealkylation sites (tertiary alicyclic amines) is 1. The van der Waals surface area contributed by atoms with Crippen molar-refractivity contribution in [1.82, 2.24) is 9.88 Å². The van der Waals surface area contributed by atoms with E-state index in [2.05, 4.69) is 4.98 Å². The number of fused-ring (bicyclic) bond motifs is 1. The van der Waals surface area contributed by atoms with Gasteiger partial charge in [0.15, 0.2) is 17.8 Å². The number of amides is 1. The Morgan fingerprint density at radius 1 is 1.32 bits per heavy atom. The van der Waals surface area contributed by atoms with Crippen molar-refractivity contribution in [3.63, 3.8) is 0 Å². The van der Waals surface area contributed by atoms with Gasteiger partial charge in [-0.3, -0.25) is 9.59 Å². The fourth-order valence-corrected chi connectivity index (χ4v) is 4.25. The van der Waals surface area contributed by atoms with Gasteiger partial charge in [-0.05, 0) is 25.7 Å². The number of hydrogen-bond acceptors (Lipinski definition) is 4. The first kappa shape index (κ1) is 15.9.